The molecule has 0 aliphatic rings. The van der Waals surface area contributed by atoms with Crippen molar-refractivity contribution in [2.75, 3.05) is 12.4 Å². The van der Waals surface area contributed by atoms with E-state index < -0.39 is 0 Å². The SMILES string of the molecule is COc1cc(C(=O)Nc2ccc(OCc3ccccc3)cc2)ccc1OCc1ccccc1. The smallest absolute Gasteiger partial charge is 0.255 e. The number of nitrogens with one attached hydrogen (secondary N) is 1. The molecule has 4 aromatic rings. The molecule has 1 amide bonds. The molecule has 5 heteroatoms. The van der Waals surface area contributed by atoms with Crippen molar-refractivity contribution in [3.05, 3.63) is 120 Å². The number of methoxy groups -OCH3 is 1. The Balaban J connectivity index is 1.35. The van der Waals surface area contributed by atoms with E-state index in [-0.39, 0.29) is 5.91 Å². The molecule has 4 aromatic carbocycles. The summed E-state index contributed by atoms with van der Waals surface area (Å²) < 4.78 is 17.1. The number of amides is 1. The van der Waals surface area contributed by atoms with Gasteiger partial charge in [-0.1, -0.05) is 60.7 Å². The van der Waals surface area contributed by atoms with Gasteiger partial charge in [0.1, 0.15) is 19.0 Å². The van der Waals surface area contributed by atoms with E-state index >= 15 is 0 Å². The van der Waals surface area contributed by atoms with E-state index in [0.29, 0.717) is 36.0 Å². The summed E-state index contributed by atoms with van der Waals surface area (Å²) >= 11 is 0. The number of anilines is 1. The minimum atomic E-state index is -0.235. The second-order valence-electron chi connectivity index (χ2n) is 7.39. The van der Waals surface area contributed by atoms with Crippen LogP contribution in [0.2, 0.25) is 0 Å². The van der Waals surface area contributed by atoms with Crippen LogP contribution in [0, 0.1) is 0 Å². The fraction of sp³-hybridized carbons (Fsp3) is 0.107. The van der Waals surface area contributed by atoms with Gasteiger partial charge in [0.2, 0.25) is 0 Å². The fourth-order valence-electron chi connectivity index (χ4n) is 3.24. The molecule has 0 aliphatic heterocycles. The maximum Gasteiger partial charge on any atom is 0.255 e. The van der Waals surface area contributed by atoms with Crippen LogP contribution in [-0.4, -0.2) is 13.0 Å². The topological polar surface area (TPSA) is 56.8 Å². The van der Waals surface area contributed by atoms with Crippen LogP contribution in [0.4, 0.5) is 5.69 Å². The van der Waals surface area contributed by atoms with Crippen molar-refractivity contribution in [2.24, 2.45) is 0 Å². The van der Waals surface area contributed by atoms with Gasteiger partial charge in [-0.2, -0.15) is 0 Å². The summed E-state index contributed by atoms with van der Waals surface area (Å²) in [6.45, 7) is 0.909. The average molecular weight is 440 g/mol. The Bertz CT molecular complexity index is 1180. The minimum absolute atomic E-state index is 0.235. The van der Waals surface area contributed by atoms with Crippen LogP contribution < -0.4 is 19.5 Å². The number of hydrogen-bond donors (Lipinski definition) is 1. The molecule has 0 radical (unpaired) electrons. The van der Waals surface area contributed by atoms with Crippen LogP contribution in [0.15, 0.2) is 103 Å². The molecular weight excluding hydrogens is 414 g/mol. The summed E-state index contributed by atoms with van der Waals surface area (Å²) in [5, 5.41) is 2.90. The molecule has 166 valence electrons. The zero-order chi connectivity index (χ0) is 22.9. The van der Waals surface area contributed by atoms with Crippen molar-refractivity contribution in [1.82, 2.24) is 0 Å². The Morgan fingerprint density at radius 2 is 1.30 bits per heavy atom. The van der Waals surface area contributed by atoms with Crippen molar-refractivity contribution in [3.63, 3.8) is 0 Å². The molecular formula is C28H25NO4. The van der Waals surface area contributed by atoms with Gasteiger partial charge in [0.15, 0.2) is 11.5 Å². The second-order valence-corrected chi connectivity index (χ2v) is 7.39. The van der Waals surface area contributed by atoms with Crippen LogP contribution >= 0.6 is 0 Å². The molecule has 0 unspecified atom stereocenters. The highest BCUT2D eigenvalue weighted by molar-refractivity contribution is 6.04. The van der Waals surface area contributed by atoms with Gasteiger partial charge in [-0.15, -0.1) is 0 Å². The van der Waals surface area contributed by atoms with E-state index in [4.69, 9.17) is 14.2 Å². The fourth-order valence-corrected chi connectivity index (χ4v) is 3.24. The predicted octanol–water partition coefficient (Wildman–Crippen LogP) is 6.11. The highest BCUT2D eigenvalue weighted by Crippen LogP contribution is 2.29. The Labute approximate surface area is 193 Å². The van der Waals surface area contributed by atoms with Crippen LogP contribution in [0.5, 0.6) is 17.2 Å². The summed E-state index contributed by atoms with van der Waals surface area (Å²) in [7, 11) is 1.56. The number of carbonyl (C=O) groups excluding carboxylic acids is 1. The highest BCUT2D eigenvalue weighted by atomic mass is 16.5. The van der Waals surface area contributed by atoms with E-state index in [9.17, 15) is 4.79 Å². The minimum Gasteiger partial charge on any atom is -0.493 e. The van der Waals surface area contributed by atoms with Crippen LogP contribution in [0.1, 0.15) is 21.5 Å². The molecule has 0 bridgehead atoms. The van der Waals surface area contributed by atoms with Gasteiger partial charge in [-0.05, 0) is 53.6 Å². The van der Waals surface area contributed by atoms with Gasteiger partial charge in [0.05, 0.1) is 7.11 Å². The van der Waals surface area contributed by atoms with Crippen molar-refractivity contribution in [1.29, 1.82) is 0 Å². The summed E-state index contributed by atoms with van der Waals surface area (Å²) in [5.74, 6) is 1.58. The number of carbonyl (C=O) groups is 1. The quantitative estimate of drug-likeness (QED) is 0.342. The zero-order valence-electron chi connectivity index (χ0n) is 18.4. The molecule has 0 heterocycles. The molecule has 0 spiro atoms. The van der Waals surface area contributed by atoms with E-state index in [1.54, 1.807) is 25.3 Å². The van der Waals surface area contributed by atoms with Gasteiger partial charge in [-0.3, -0.25) is 4.79 Å². The number of ether oxygens (including phenoxy) is 3. The monoisotopic (exact) mass is 439 g/mol. The molecule has 1 N–H and O–H groups in total. The maximum absolute atomic E-state index is 12.7. The van der Waals surface area contributed by atoms with Crippen LogP contribution in [0.3, 0.4) is 0 Å². The normalized spacial score (nSPS) is 10.3. The van der Waals surface area contributed by atoms with E-state index in [0.717, 1.165) is 16.9 Å². The lowest BCUT2D eigenvalue weighted by Crippen LogP contribution is -2.12. The lowest BCUT2D eigenvalue weighted by Gasteiger charge is -2.13. The Hall–Kier alpha value is -4.25. The second kappa shape index (κ2) is 10.9. The number of rotatable bonds is 9. The number of benzene rings is 4. The van der Waals surface area contributed by atoms with E-state index in [1.165, 1.54) is 0 Å². The van der Waals surface area contributed by atoms with Gasteiger partial charge >= 0.3 is 0 Å². The first-order valence-corrected chi connectivity index (χ1v) is 10.6. The average Bonchev–Trinajstić information content (AvgIpc) is 2.88. The third-order valence-corrected chi connectivity index (χ3v) is 5.02. The third-order valence-electron chi connectivity index (χ3n) is 5.02. The van der Waals surface area contributed by atoms with Crippen molar-refractivity contribution < 1.29 is 19.0 Å². The Kier molecular flexibility index (Phi) is 7.23. The van der Waals surface area contributed by atoms with Gasteiger partial charge < -0.3 is 19.5 Å². The first kappa shape index (κ1) is 22.0. The zero-order valence-corrected chi connectivity index (χ0v) is 18.4. The summed E-state index contributed by atoms with van der Waals surface area (Å²) in [4.78, 5) is 12.7. The molecule has 0 aliphatic carbocycles. The van der Waals surface area contributed by atoms with E-state index in [1.807, 2.05) is 84.9 Å². The standard InChI is InChI=1S/C28H25NO4/c1-31-27-18-23(12-17-26(27)33-20-22-10-6-3-7-11-22)28(30)29-24-13-15-25(16-14-24)32-19-21-8-4-2-5-9-21/h2-18H,19-20H2,1H3,(H,29,30). The summed E-state index contributed by atoms with van der Waals surface area (Å²) in [6, 6.07) is 32.3. The van der Waals surface area contributed by atoms with Crippen molar-refractivity contribution >= 4 is 11.6 Å². The molecule has 0 saturated heterocycles. The molecule has 0 atom stereocenters. The molecule has 0 aromatic heterocycles. The summed E-state index contributed by atoms with van der Waals surface area (Å²) in [5.41, 5.74) is 3.30. The number of hydrogen-bond acceptors (Lipinski definition) is 4. The van der Waals surface area contributed by atoms with Crippen LogP contribution in [0.25, 0.3) is 0 Å². The van der Waals surface area contributed by atoms with E-state index in [2.05, 4.69) is 5.32 Å². The van der Waals surface area contributed by atoms with Crippen molar-refractivity contribution in [2.45, 2.75) is 13.2 Å². The lowest BCUT2D eigenvalue weighted by molar-refractivity contribution is 0.102. The molecule has 33 heavy (non-hydrogen) atoms. The van der Waals surface area contributed by atoms with Gasteiger partial charge in [0, 0.05) is 11.3 Å². The largest absolute Gasteiger partial charge is 0.493 e. The highest BCUT2D eigenvalue weighted by Gasteiger charge is 2.12. The maximum atomic E-state index is 12.7. The molecule has 0 saturated carbocycles. The molecule has 5 nitrogen and oxygen atoms in total. The lowest BCUT2D eigenvalue weighted by atomic mass is 10.1. The first-order chi connectivity index (χ1) is 16.2. The molecule has 0 fully saturated rings. The van der Waals surface area contributed by atoms with Crippen molar-refractivity contribution in [3.8, 4) is 17.2 Å². The first-order valence-electron chi connectivity index (χ1n) is 10.6. The molecule has 4 rings (SSSR count). The summed E-state index contributed by atoms with van der Waals surface area (Å²) in [6.07, 6.45) is 0. The predicted molar refractivity (Wildman–Crippen MR) is 129 cm³/mol. The Morgan fingerprint density at radius 1 is 0.697 bits per heavy atom. The Morgan fingerprint density at radius 3 is 1.91 bits per heavy atom. The third kappa shape index (κ3) is 6.14. The van der Waals surface area contributed by atoms with Gasteiger partial charge in [0.25, 0.3) is 5.91 Å². The van der Waals surface area contributed by atoms with Crippen LogP contribution in [-0.2, 0) is 13.2 Å². The van der Waals surface area contributed by atoms with Gasteiger partial charge in [-0.25, -0.2) is 0 Å².